The number of aromatic amines is 1. The Kier molecular flexibility index (Phi) is 4.43. The van der Waals surface area contributed by atoms with Gasteiger partial charge in [0.05, 0.1) is 11.7 Å². The van der Waals surface area contributed by atoms with Crippen LogP contribution in [-0.4, -0.2) is 16.8 Å². The van der Waals surface area contributed by atoms with Crippen LogP contribution in [0.25, 0.3) is 10.9 Å². The zero-order valence-corrected chi connectivity index (χ0v) is 10.3. The van der Waals surface area contributed by atoms with Crippen molar-refractivity contribution >= 4 is 10.9 Å². The van der Waals surface area contributed by atoms with Gasteiger partial charge >= 0.3 is 6.61 Å². The van der Waals surface area contributed by atoms with Gasteiger partial charge in [-0.15, -0.1) is 0 Å². The zero-order chi connectivity index (χ0) is 13.0. The summed E-state index contributed by atoms with van der Waals surface area (Å²) in [6.45, 7) is 4.67. The predicted octanol–water partition coefficient (Wildman–Crippen LogP) is 3.81. The molecular weight excluding hydrogens is 226 g/mol. The molecule has 1 aromatic heterocycles. The maximum Gasteiger partial charge on any atom is 0.387 e. The highest BCUT2D eigenvalue weighted by atomic mass is 19.3. The Bertz CT molecular complexity index is 494. The van der Waals surface area contributed by atoms with E-state index in [1.54, 1.807) is 26.1 Å². The minimum atomic E-state index is -2.80. The quantitative estimate of drug-likeness (QED) is 0.869. The van der Waals surface area contributed by atoms with E-state index in [1.165, 1.54) is 0 Å². The third-order valence-electron chi connectivity index (χ3n) is 2.34. The van der Waals surface area contributed by atoms with Crippen molar-refractivity contribution in [2.24, 2.45) is 0 Å². The number of aromatic nitrogens is 2. The first-order valence-corrected chi connectivity index (χ1v) is 5.47. The number of hydrogen-bond acceptors (Lipinski definition) is 2. The fourth-order valence-electron chi connectivity index (χ4n) is 1.68. The number of alkyl halides is 2. The molecule has 0 bridgehead atoms. The highest BCUT2D eigenvalue weighted by Crippen LogP contribution is 2.31. The minimum absolute atomic E-state index is 0.235. The van der Waals surface area contributed by atoms with Crippen LogP contribution in [0.15, 0.2) is 12.3 Å². The van der Waals surface area contributed by atoms with Crippen LogP contribution in [0.5, 0.6) is 5.75 Å². The van der Waals surface area contributed by atoms with Gasteiger partial charge < -0.3 is 4.74 Å². The molecule has 5 heteroatoms. The first-order valence-electron chi connectivity index (χ1n) is 5.47. The van der Waals surface area contributed by atoms with E-state index in [2.05, 4.69) is 14.9 Å². The van der Waals surface area contributed by atoms with E-state index in [0.717, 1.165) is 10.9 Å². The van der Waals surface area contributed by atoms with Crippen molar-refractivity contribution in [3.63, 3.8) is 0 Å². The van der Waals surface area contributed by atoms with E-state index in [-0.39, 0.29) is 5.75 Å². The Hall–Kier alpha value is -1.65. The van der Waals surface area contributed by atoms with Crippen molar-refractivity contribution in [3.05, 3.63) is 23.4 Å². The van der Waals surface area contributed by atoms with Gasteiger partial charge in [-0.25, -0.2) is 0 Å². The lowest BCUT2D eigenvalue weighted by atomic mass is 10.1. The highest BCUT2D eigenvalue weighted by Gasteiger charge is 2.13. The fourth-order valence-corrected chi connectivity index (χ4v) is 1.68. The van der Waals surface area contributed by atoms with Gasteiger partial charge in [0.1, 0.15) is 5.75 Å². The lowest BCUT2D eigenvalue weighted by Crippen LogP contribution is -2.05. The molecule has 0 saturated carbocycles. The summed E-state index contributed by atoms with van der Waals surface area (Å²) in [5.74, 6) is 0.235. The van der Waals surface area contributed by atoms with Gasteiger partial charge in [-0.2, -0.15) is 13.9 Å². The fraction of sp³-hybridized carbons (Fsp3) is 0.417. The molecule has 1 N–H and O–H groups in total. The standard InChI is InChI=1S/C10H10F2N2O.C2H6/c1-5-3-8-7(4-13-14-8)6(2)9(5)15-10(11)12;1-2/h3-4,10H,1-2H3,(H,13,14);1-2H3. The topological polar surface area (TPSA) is 37.9 Å². The summed E-state index contributed by atoms with van der Waals surface area (Å²) in [6, 6.07) is 1.74. The molecule has 2 rings (SSSR count). The number of fused-ring (bicyclic) bond motifs is 1. The molecule has 2 aromatic rings. The first kappa shape index (κ1) is 13.4. The summed E-state index contributed by atoms with van der Waals surface area (Å²) in [6.07, 6.45) is 1.60. The molecule has 0 aliphatic rings. The second-order valence-electron chi connectivity index (χ2n) is 3.36. The van der Waals surface area contributed by atoms with Crippen LogP contribution in [0, 0.1) is 13.8 Å². The monoisotopic (exact) mass is 242 g/mol. The molecule has 0 saturated heterocycles. The van der Waals surface area contributed by atoms with Crippen molar-refractivity contribution < 1.29 is 13.5 Å². The van der Waals surface area contributed by atoms with Crippen LogP contribution in [0.1, 0.15) is 25.0 Å². The zero-order valence-electron chi connectivity index (χ0n) is 10.3. The number of ether oxygens (including phenoxy) is 1. The normalized spacial score (nSPS) is 10.3. The molecule has 0 radical (unpaired) electrons. The second-order valence-corrected chi connectivity index (χ2v) is 3.36. The largest absolute Gasteiger partial charge is 0.434 e. The first-order chi connectivity index (χ1) is 8.09. The minimum Gasteiger partial charge on any atom is -0.434 e. The van der Waals surface area contributed by atoms with Crippen molar-refractivity contribution in [1.82, 2.24) is 10.2 Å². The van der Waals surface area contributed by atoms with Crippen LogP contribution in [0.4, 0.5) is 8.78 Å². The molecule has 94 valence electrons. The molecule has 1 heterocycles. The van der Waals surface area contributed by atoms with E-state index in [0.29, 0.717) is 11.1 Å². The smallest absolute Gasteiger partial charge is 0.387 e. The molecule has 0 fully saturated rings. The molecule has 0 amide bonds. The molecule has 0 spiro atoms. The summed E-state index contributed by atoms with van der Waals surface area (Å²) >= 11 is 0. The SMILES string of the molecule is CC.Cc1cc2[nH]ncc2c(C)c1OC(F)F. The summed E-state index contributed by atoms with van der Waals surface area (Å²) in [5.41, 5.74) is 2.18. The molecule has 0 unspecified atom stereocenters. The van der Waals surface area contributed by atoms with Crippen LogP contribution in [-0.2, 0) is 0 Å². The summed E-state index contributed by atoms with van der Waals surface area (Å²) in [4.78, 5) is 0. The Morgan fingerprint density at radius 2 is 1.94 bits per heavy atom. The van der Waals surface area contributed by atoms with E-state index >= 15 is 0 Å². The van der Waals surface area contributed by atoms with Gasteiger partial charge in [-0.3, -0.25) is 5.10 Å². The summed E-state index contributed by atoms with van der Waals surface area (Å²) < 4.78 is 28.8. The lowest BCUT2D eigenvalue weighted by Gasteiger charge is -2.11. The van der Waals surface area contributed by atoms with Crippen LogP contribution >= 0.6 is 0 Å². The number of aryl methyl sites for hydroxylation is 2. The van der Waals surface area contributed by atoms with E-state index < -0.39 is 6.61 Å². The molecule has 0 aliphatic heterocycles. The number of halogens is 2. The molecule has 17 heavy (non-hydrogen) atoms. The van der Waals surface area contributed by atoms with Gasteiger partial charge in [0.2, 0.25) is 0 Å². The number of nitrogens with one attached hydrogen (secondary N) is 1. The lowest BCUT2D eigenvalue weighted by molar-refractivity contribution is -0.0506. The van der Waals surface area contributed by atoms with E-state index in [4.69, 9.17) is 0 Å². The van der Waals surface area contributed by atoms with Crippen LogP contribution < -0.4 is 4.74 Å². The van der Waals surface area contributed by atoms with E-state index in [9.17, 15) is 8.78 Å². The number of benzene rings is 1. The molecule has 0 atom stereocenters. The third-order valence-corrected chi connectivity index (χ3v) is 2.34. The Labute approximate surface area is 98.8 Å². The van der Waals surface area contributed by atoms with Gasteiger partial charge in [-0.1, -0.05) is 13.8 Å². The predicted molar refractivity (Wildman–Crippen MR) is 63.5 cm³/mol. The van der Waals surface area contributed by atoms with E-state index in [1.807, 2.05) is 13.8 Å². The van der Waals surface area contributed by atoms with Gasteiger partial charge in [-0.05, 0) is 25.5 Å². The number of rotatable bonds is 2. The number of H-pyrrole nitrogens is 1. The average molecular weight is 242 g/mol. The van der Waals surface area contributed by atoms with Crippen molar-refractivity contribution in [2.45, 2.75) is 34.3 Å². The molecule has 3 nitrogen and oxygen atoms in total. The van der Waals surface area contributed by atoms with Crippen molar-refractivity contribution in [3.8, 4) is 5.75 Å². The summed E-state index contributed by atoms with van der Waals surface area (Å²) in [7, 11) is 0. The number of nitrogens with zero attached hydrogens (tertiary/aromatic N) is 1. The van der Waals surface area contributed by atoms with Gasteiger partial charge in [0.15, 0.2) is 0 Å². The third kappa shape index (κ3) is 2.72. The Morgan fingerprint density at radius 3 is 2.53 bits per heavy atom. The Morgan fingerprint density at radius 1 is 1.29 bits per heavy atom. The Balaban J connectivity index is 0.000000686. The van der Waals surface area contributed by atoms with Crippen LogP contribution in [0.2, 0.25) is 0 Å². The average Bonchev–Trinajstić information content (AvgIpc) is 2.75. The van der Waals surface area contributed by atoms with Crippen molar-refractivity contribution in [2.75, 3.05) is 0 Å². The molecular formula is C12H16F2N2O. The highest BCUT2D eigenvalue weighted by molar-refractivity contribution is 5.85. The van der Waals surface area contributed by atoms with Crippen molar-refractivity contribution in [1.29, 1.82) is 0 Å². The maximum absolute atomic E-state index is 12.2. The molecule has 0 aliphatic carbocycles. The number of hydrogen-bond donors (Lipinski definition) is 1. The second kappa shape index (κ2) is 5.61. The van der Waals surface area contributed by atoms with Crippen LogP contribution in [0.3, 0.4) is 0 Å². The van der Waals surface area contributed by atoms with Gasteiger partial charge in [0.25, 0.3) is 0 Å². The molecule has 1 aromatic carbocycles. The maximum atomic E-state index is 12.2. The summed E-state index contributed by atoms with van der Waals surface area (Å²) in [5, 5.41) is 7.45. The van der Waals surface area contributed by atoms with Gasteiger partial charge in [0, 0.05) is 10.9 Å².